The number of nitrogens with one attached hydrogen (secondary N) is 2. The number of piperidine rings is 1. The molecule has 2 N–H and O–H groups in total. The number of benzene rings is 2. The van der Waals surface area contributed by atoms with Crippen LogP contribution in [0, 0.1) is 25.2 Å². The Kier molecular flexibility index (Phi) is 8.01. The van der Waals surface area contributed by atoms with Crippen molar-refractivity contribution in [1.82, 2.24) is 20.2 Å². The van der Waals surface area contributed by atoms with Crippen LogP contribution in [0.2, 0.25) is 0 Å². The number of aryl methyl sites for hydroxylation is 2. The molecule has 2 aliphatic rings. The average Bonchev–Trinajstić information content (AvgIpc) is 3.26. The van der Waals surface area contributed by atoms with Gasteiger partial charge in [0.1, 0.15) is 6.33 Å². The van der Waals surface area contributed by atoms with Crippen molar-refractivity contribution >= 4 is 11.6 Å². The van der Waals surface area contributed by atoms with Gasteiger partial charge in [0.05, 0.1) is 28.2 Å². The lowest BCUT2D eigenvalue weighted by Gasteiger charge is -2.45. The van der Waals surface area contributed by atoms with Crippen molar-refractivity contribution in [2.45, 2.75) is 64.1 Å². The molecule has 1 aromatic heterocycles. The van der Waals surface area contributed by atoms with E-state index in [1.165, 1.54) is 6.33 Å². The first-order valence-corrected chi connectivity index (χ1v) is 14.2. The van der Waals surface area contributed by atoms with Crippen LogP contribution >= 0.6 is 0 Å². The molecule has 0 saturated carbocycles. The largest absolute Gasteiger partial charge is 0.416 e. The average molecular weight is 564 g/mol. The molecule has 5 rings (SSSR count). The van der Waals surface area contributed by atoms with Crippen LogP contribution in [0.4, 0.5) is 13.2 Å². The summed E-state index contributed by atoms with van der Waals surface area (Å²) in [6.07, 6.45) is 0.155. The van der Waals surface area contributed by atoms with Crippen molar-refractivity contribution in [3.05, 3.63) is 94.1 Å². The van der Waals surface area contributed by atoms with E-state index >= 15 is 0 Å². The van der Waals surface area contributed by atoms with Crippen LogP contribution in [-0.4, -0.2) is 52.2 Å². The molecule has 2 aromatic carbocycles. The summed E-state index contributed by atoms with van der Waals surface area (Å²) < 4.78 is 40.0. The summed E-state index contributed by atoms with van der Waals surface area (Å²) in [5.74, 6) is -0.0318. The number of carbonyl (C=O) groups excluding carboxylic acids is 1. The number of likely N-dealkylation sites (tertiary alicyclic amines) is 1. The highest BCUT2D eigenvalue weighted by molar-refractivity contribution is 6.10. The van der Waals surface area contributed by atoms with E-state index in [1.54, 1.807) is 26.0 Å². The zero-order chi connectivity index (χ0) is 29.4. The third-order valence-corrected chi connectivity index (χ3v) is 9.08. The lowest BCUT2D eigenvalue weighted by atomic mass is 9.63. The van der Waals surface area contributed by atoms with Crippen molar-refractivity contribution in [2.75, 3.05) is 19.6 Å². The summed E-state index contributed by atoms with van der Waals surface area (Å²) >= 11 is 0. The second kappa shape index (κ2) is 11.4. The van der Waals surface area contributed by atoms with Crippen molar-refractivity contribution < 1.29 is 18.0 Å². The zero-order valence-electron chi connectivity index (χ0n) is 23.7. The summed E-state index contributed by atoms with van der Waals surface area (Å²) in [6.45, 7) is 7.96. The van der Waals surface area contributed by atoms with Crippen molar-refractivity contribution in [3.8, 4) is 0 Å². The summed E-state index contributed by atoms with van der Waals surface area (Å²) in [4.78, 5) is 23.4. The fourth-order valence-electron chi connectivity index (χ4n) is 6.75. The Morgan fingerprint density at radius 2 is 1.71 bits per heavy atom. The number of alkyl halides is 3. The second-order valence-electron chi connectivity index (χ2n) is 11.4. The molecule has 2 heterocycles. The van der Waals surface area contributed by atoms with E-state index in [0.29, 0.717) is 35.6 Å². The van der Waals surface area contributed by atoms with Crippen LogP contribution in [0.1, 0.15) is 70.2 Å². The Labute approximate surface area is 238 Å². The van der Waals surface area contributed by atoms with Gasteiger partial charge < -0.3 is 15.6 Å². The molecule has 1 saturated heterocycles. The minimum absolute atomic E-state index is 0.131. The Balaban J connectivity index is 1.27. The van der Waals surface area contributed by atoms with Gasteiger partial charge in [0.25, 0.3) is 5.91 Å². The Hall–Kier alpha value is -3.59. The minimum Gasteiger partial charge on any atom is -0.352 e. The molecule has 0 radical (unpaired) electrons. The fourth-order valence-corrected chi connectivity index (χ4v) is 6.75. The highest BCUT2D eigenvalue weighted by atomic mass is 19.4. The molecule has 1 amide bonds. The van der Waals surface area contributed by atoms with Crippen molar-refractivity contribution in [1.29, 1.82) is 5.41 Å². The molecule has 3 aromatic rings. The summed E-state index contributed by atoms with van der Waals surface area (Å²) in [5.41, 5.74) is 3.80. The predicted molar refractivity (Wildman–Crippen MR) is 152 cm³/mol. The molecule has 0 spiro atoms. The minimum atomic E-state index is -4.40. The number of aromatic nitrogens is 2. The second-order valence-corrected chi connectivity index (χ2v) is 11.4. The fraction of sp³-hybridized carbons (Fsp3) is 0.438. The van der Waals surface area contributed by atoms with Crippen LogP contribution in [0.25, 0.3) is 0 Å². The van der Waals surface area contributed by atoms with Crippen LogP contribution in [0.5, 0.6) is 0 Å². The van der Waals surface area contributed by atoms with Gasteiger partial charge in [-0.1, -0.05) is 36.4 Å². The quantitative estimate of drug-likeness (QED) is 0.375. The van der Waals surface area contributed by atoms with Gasteiger partial charge in [0.2, 0.25) is 0 Å². The van der Waals surface area contributed by atoms with Gasteiger partial charge in [-0.15, -0.1) is 0 Å². The Morgan fingerprint density at radius 1 is 1.07 bits per heavy atom. The molecular formula is C32H36F3N5O. The number of fused-ring (bicyclic) bond motifs is 1. The molecule has 216 valence electrons. The van der Waals surface area contributed by atoms with Gasteiger partial charge >= 0.3 is 6.18 Å². The third-order valence-electron chi connectivity index (χ3n) is 9.08. The first kappa shape index (κ1) is 28.9. The monoisotopic (exact) mass is 563 g/mol. The molecule has 9 heteroatoms. The molecule has 41 heavy (non-hydrogen) atoms. The molecule has 1 aliphatic carbocycles. The SMILES string of the molecule is Cc1ncnc(C)c1C(=O)NCCC(C)N1CCC(C2(c3ccc(C(F)(F)F)cc3)Cc3ccccc3C2=N)CC1. The number of carbonyl (C=O) groups is 1. The predicted octanol–water partition coefficient (Wildman–Crippen LogP) is 5.89. The standard InChI is InChI=1S/C32H36F3N5O/c1-20(12-15-37-30(41)28-21(2)38-19-39-22(28)3)40-16-13-25(14-17-40)31(18-23-6-4-5-7-27(23)29(31)36)24-8-10-26(11-9-24)32(33,34)35/h4-11,19-20,25,36H,12-18H2,1-3H3,(H,37,41). The van der Waals surface area contributed by atoms with Gasteiger partial charge in [-0.05, 0) is 94.3 Å². The number of hydrogen-bond donors (Lipinski definition) is 2. The van der Waals surface area contributed by atoms with Gasteiger partial charge in [-0.25, -0.2) is 9.97 Å². The zero-order valence-corrected chi connectivity index (χ0v) is 23.7. The lowest BCUT2D eigenvalue weighted by molar-refractivity contribution is -0.137. The van der Waals surface area contributed by atoms with Gasteiger partial charge in [-0.2, -0.15) is 13.2 Å². The summed E-state index contributed by atoms with van der Waals surface area (Å²) in [6, 6.07) is 13.6. The molecule has 2 atom stereocenters. The maximum Gasteiger partial charge on any atom is 0.416 e. The smallest absolute Gasteiger partial charge is 0.352 e. The molecule has 2 unspecified atom stereocenters. The van der Waals surface area contributed by atoms with Crippen LogP contribution in [0.3, 0.4) is 0 Å². The highest BCUT2D eigenvalue weighted by Crippen LogP contribution is 2.49. The van der Waals surface area contributed by atoms with Gasteiger partial charge in [-0.3, -0.25) is 4.79 Å². The Morgan fingerprint density at radius 3 is 2.32 bits per heavy atom. The number of amides is 1. The molecule has 6 nitrogen and oxygen atoms in total. The Bertz CT molecular complexity index is 1410. The van der Waals surface area contributed by atoms with Crippen molar-refractivity contribution in [2.24, 2.45) is 5.92 Å². The highest BCUT2D eigenvalue weighted by Gasteiger charge is 2.50. The molecule has 1 aliphatic heterocycles. The van der Waals surface area contributed by atoms with Gasteiger partial charge in [0, 0.05) is 18.0 Å². The normalized spacial score (nSPS) is 20.6. The lowest BCUT2D eigenvalue weighted by Crippen LogP contribution is -2.49. The van der Waals surface area contributed by atoms with E-state index in [0.717, 1.165) is 61.2 Å². The first-order valence-electron chi connectivity index (χ1n) is 14.2. The molecule has 1 fully saturated rings. The number of hydrogen-bond acceptors (Lipinski definition) is 5. The van der Waals surface area contributed by atoms with E-state index < -0.39 is 17.2 Å². The number of nitrogens with zero attached hydrogens (tertiary/aromatic N) is 3. The number of halogens is 3. The van der Waals surface area contributed by atoms with Crippen molar-refractivity contribution in [3.63, 3.8) is 0 Å². The first-order chi connectivity index (χ1) is 19.5. The molecule has 0 bridgehead atoms. The van der Waals surface area contributed by atoms with Gasteiger partial charge in [0.15, 0.2) is 0 Å². The topological polar surface area (TPSA) is 82.0 Å². The van der Waals surface area contributed by atoms with E-state index in [9.17, 15) is 23.4 Å². The maximum absolute atomic E-state index is 13.3. The third kappa shape index (κ3) is 5.52. The van der Waals surface area contributed by atoms with E-state index in [4.69, 9.17) is 0 Å². The van der Waals surface area contributed by atoms with Crippen LogP contribution in [-0.2, 0) is 18.0 Å². The maximum atomic E-state index is 13.3. The summed E-state index contributed by atoms with van der Waals surface area (Å²) in [5, 5.41) is 12.3. The number of rotatable bonds is 7. The van der Waals surface area contributed by atoms with E-state index in [1.807, 2.05) is 24.3 Å². The summed E-state index contributed by atoms with van der Waals surface area (Å²) in [7, 11) is 0. The molecular weight excluding hydrogens is 527 g/mol. The van der Waals surface area contributed by atoms with Crippen LogP contribution < -0.4 is 5.32 Å². The van der Waals surface area contributed by atoms with E-state index in [-0.39, 0.29) is 17.9 Å². The van der Waals surface area contributed by atoms with E-state index in [2.05, 4.69) is 27.1 Å². The van der Waals surface area contributed by atoms with Crippen LogP contribution in [0.15, 0.2) is 54.9 Å².